The number of carbonyl (C=O) groups is 1. The van der Waals surface area contributed by atoms with Crippen LogP contribution in [-0.4, -0.2) is 16.2 Å². The van der Waals surface area contributed by atoms with Crippen LogP contribution >= 0.6 is 24.0 Å². The second kappa shape index (κ2) is 8.80. The number of imidazole rings is 1. The maximum atomic E-state index is 12.5. The van der Waals surface area contributed by atoms with Crippen LogP contribution in [0.4, 0.5) is 5.69 Å². The summed E-state index contributed by atoms with van der Waals surface area (Å²) in [6.45, 7) is 2.65. The normalized spacial score (nSPS) is 13.1. The Balaban J connectivity index is 0.00000240. The number of carbonyl (C=O) groups excluding carboxylic acids is 1. The zero-order valence-corrected chi connectivity index (χ0v) is 17.5. The molecule has 1 aromatic heterocycles. The molecule has 0 atom stereocenters. The topological polar surface area (TPSA) is 61.3 Å². The first-order chi connectivity index (χ1) is 13.5. The summed E-state index contributed by atoms with van der Waals surface area (Å²) < 4.78 is 4.25. The lowest BCUT2D eigenvalue weighted by molar-refractivity contribution is -0.693. The number of aromatic nitrogens is 2. The summed E-state index contributed by atoms with van der Waals surface area (Å²) >= 11 is 6.01. The van der Waals surface area contributed by atoms with E-state index < -0.39 is 0 Å². The van der Waals surface area contributed by atoms with Crippen LogP contribution in [0.2, 0.25) is 5.02 Å². The van der Waals surface area contributed by atoms with Gasteiger partial charge >= 0.3 is 0 Å². The Morgan fingerprint density at radius 1 is 1.17 bits per heavy atom. The van der Waals surface area contributed by atoms with Crippen LogP contribution in [0.1, 0.15) is 29.5 Å². The van der Waals surface area contributed by atoms with Gasteiger partial charge in [-0.05, 0) is 61.9 Å². The van der Waals surface area contributed by atoms with Crippen molar-refractivity contribution in [3.05, 3.63) is 71.1 Å². The van der Waals surface area contributed by atoms with E-state index in [0.29, 0.717) is 16.3 Å². The number of Topliss-reactive ketones (excluding diaryl/α,β-unsaturated/α-hetero) is 1. The molecule has 0 N–H and O–H groups in total. The van der Waals surface area contributed by atoms with E-state index in [9.17, 15) is 9.90 Å². The van der Waals surface area contributed by atoms with Crippen LogP contribution < -0.4 is 9.67 Å². The molecule has 0 unspecified atom stereocenters. The van der Waals surface area contributed by atoms with Crippen molar-refractivity contribution in [3.63, 3.8) is 0 Å². The Kier molecular flexibility index (Phi) is 6.40. The zero-order valence-electron chi connectivity index (χ0n) is 16.0. The third kappa shape index (κ3) is 4.52. The van der Waals surface area contributed by atoms with Crippen LogP contribution in [0.25, 0.3) is 11.3 Å². The van der Waals surface area contributed by atoms with E-state index in [0.717, 1.165) is 36.5 Å². The molecule has 5 nitrogen and oxygen atoms in total. The summed E-state index contributed by atoms with van der Waals surface area (Å²) in [6, 6.07) is 14.5. The lowest BCUT2D eigenvalue weighted by atomic mass is 10.1. The van der Waals surface area contributed by atoms with Crippen LogP contribution in [0.5, 0.6) is 0 Å². The highest BCUT2D eigenvalue weighted by Crippen LogP contribution is 2.26. The number of halogens is 2. The van der Waals surface area contributed by atoms with Crippen molar-refractivity contribution in [1.29, 1.82) is 0 Å². The summed E-state index contributed by atoms with van der Waals surface area (Å²) in [5.41, 5.74) is 3.33. The third-order valence-corrected chi connectivity index (χ3v) is 5.22. The highest BCUT2D eigenvalue weighted by Gasteiger charge is 2.28. The van der Waals surface area contributed by atoms with Crippen LogP contribution in [0.15, 0.2) is 59.7 Å². The van der Waals surface area contributed by atoms with Gasteiger partial charge in [0.05, 0.1) is 18.7 Å². The first kappa shape index (κ1) is 21.1. The van der Waals surface area contributed by atoms with Gasteiger partial charge in [-0.2, -0.15) is 0 Å². The van der Waals surface area contributed by atoms with E-state index in [1.807, 2.05) is 35.0 Å². The maximum Gasteiger partial charge on any atom is 0.257 e. The Labute approximate surface area is 180 Å². The number of nitrogens with zero attached hydrogens (tertiary/aromatic N) is 3. The van der Waals surface area contributed by atoms with Crippen LogP contribution in [0, 0.1) is 0 Å². The smallest absolute Gasteiger partial charge is 0.257 e. The lowest BCUT2D eigenvalue weighted by Crippen LogP contribution is -2.43. The fourth-order valence-electron chi connectivity index (χ4n) is 3.59. The first-order valence-corrected chi connectivity index (χ1v) is 9.62. The highest BCUT2D eigenvalue weighted by atomic mass is 35.5. The van der Waals surface area contributed by atoms with Crippen molar-refractivity contribution in [2.75, 3.05) is 0 Å². The number of fused-ring (bicyclic) bond motifs is 1. The molecule has 0 bridgehead atoms. The van der Waals surface area contributed by atoms with Crippen molar-refractivity contribution in [2.24, 2.45) is 4.99 Å². The van der Waals surface area contributed by atoms with Gasteiger partial charge in [-0.15, -0.1) is 12.4 Å². The second-order valence-electron chi connectivity index (χ2n) is 6.93. The molecular weight excluding hydrogens is 409 g/mol. The number of hydrogen-bond acceptors (Lipinski definition) is 3. The molecule has 2 heterocycles. The van der Waals surface area contributed by atoms with Gasteiger partial charge < -0.3 is 5.11 Å². The molecule has 1 aliphatic rings. The molecule has 4 rings (SSSR count). The number of hydrogen-bond donors (Lipinski definition) is 0. The molecule has 0 fully saturated rings. The Bertz CT molecular complexity index is 1050. The van der Waals surface area contributed by atoms with Gasteiger partial charge in [-0.3, -0.25) is 9.79 Å². The minimum atomic E-state index is -0.219. The fourth-order valence-corrected chi connectivity index (χ4v) is 3.72. The molecule has 0 saturated heterocycles. The molecule has 29 heavy (non-hydrogen) atoms. The summed E-state index contributed by atoms with van der Waals surface area (Å²) in [5, 5.41) is 13.2. The van der Waals surface area contributed by atoms with Gasteiger partial charge in [0.25, 0.3) is 5.82 Å². The third-order valence-electron chi connectivity index (χ3n) is 4.97. The largest absolute Gasteiger partial charge is 0.859 e. The number of rotatable bonds is 5. The monoisotopic (exact) mass is 429 g/mol. The van der Waals surface area contributed by atoms with Crippen molar-refractivity contribution in [3.8, 4) is 11.3 Å². The maximum absolute atomic E-state index is 12.5. The molecule has 1 aliphatic heterocycles. The zero-order chi connectivity index (χ0) is 19.7. The van der Waals surface area contributed by atoms with E-state index in [4.69, 9.17) is 11.6 Å². The minimum absolute atomic E-state index is 0. The quantitative estimate of drug-likeness (QED) is 0.268. The molecule has 0 aliphatic carbocycles. The van der Waals surface area contributed by atoms with Gasteiger partial charge in [0.1, 0.15) is 12.7 Å². The van der Waals surface area contributed by atoms with Crippen molar-refractivity contribution >= 4 is 41.4 Å². The molecule has 3 aromatic rings. The number of benzene rings is 2. The van der Waals surface area contributed by atoms with E-state index >= 15 is 0 Å². The fraction of sp³-hybridized carbons (Fsp3) is 0.227. The Morgan fingerprint density at radius 3 is 2.52 bits per heavy atom. The van der Waals surface area contributed by atoms with Crippen molar-refractivity contribution in [2.45, 2.75) is 32.9 Å². The summed E-state index contributed by atoms with van der Waals surface area (Å²) in [6.07, 6.45) is 4.02. The summed E-state index contributed by atoms with van der Waals surface area (Å²) in [7, 11) is 0. The summed E-state index contributed by atoms with van der Waals surface area (Å²) in [4.78, 5) is 15.5. The molecule has 0 radical (unpaired) electrons. The molecule has 0 amide bonds. The predicted molar refractivity (Wildman–Crippen MR) is 114 cm³/mol. The van der Waals surface area contributed by atoms with E-state index in [1.165, 1.54) is 6.92 Å². The van der Waals surface area contributed by atoms with Gasteiger partial charge in [-0.1, -0.05) is 11.6 Å². The molecule has 0 spiro atoms. The molecule has 0 saturated carbocycles. The molecular formula is C22H21Cl2N3O2. The van der Waals surface area contributed by atoms with Crippen LogP contribution in [0.3, 0.4) is 0 Å². The van der Waals surface area contributed by atoms with E-state index in [2.05, 4.69) is 9.56 Å². The van der Waals surface area contributed by atoms with Crippen molar-refractivity contribution < 1.29 is 14.5 Å². The highest BCUT2D eigenvalue weighted by molar-refractivity contribution is 6.30. The number of aliphatic imine (C=N–C) groups is 1. The molecule has 150 valence electrons. The average Bonchev–Trinajstić information content (AvgIpc) is 3.27. The minimum Gasteiger partial charge on any atom is -0.859 e. The van der Waals surface area contributed by atoms with E-state index in [-0.39, 0.29) is 30.6 Å². The lowest BCUT2D eigenvalue weighted by Gasteiger charge is -2.09. The van der Waals surface area contributed by atoms with Crippen molar-refractivity contribution in [1.82, 2.24) is 4.57 Å². The predicted octanol–water partition coefficient (Wildman–Crippen LogP) is 3.76. The Morgan fingerprint density at radius 2 is 1.86 bits per heavy atom. The second-order valence-corrected chi connectivity index (χ2v) is 7.37. The Hall–Kier alpha value is -2.63. The molecule has 2 aromatic carbocycles. The first-order valence-electron chi connectivity index (χ1n) is 9.24. The van der Waals surface area contributed by atoms with Gasteiger partial charge in [0, 0.05) is 22.0 Å². The van der Waals surface area contributed by atoms with Gasteiger partial charge in [-0.25, -0.2) is 9.13 Å². The van der Waals surface area contributed by atoms with Gasteiger partial charge in [0.15, 0.2) is 11.5 Å². The number of ketones is 1. The van der Waals surface area contributed by atoms with Crippen LogP contribution in [-0.2, 0) is 19.5 Å². The standard InChI is InChI=1S/C22H20ClN3O2.ClH/c1-15(27)16-6-10-19(11-7-16)24-21(28)14-25-13-20(26-12-2-3-22(25)26)17-4-8-18(23)9-5-17;/h4-11,13H,2-3,12,14H2,1H3;1H. The average molecular weight is 430 g/mol. The van der Waals surface area contributed by atoms with Gasteiger partial charge in [0.2, 0.25) is 0 Å². The molecule has 7 heteroatoms. The SMILES string of the molecule is CC(=O)c1ccc(N=C([O-])C[n+]2cc(-c3ccc(Cl)cc3)n3c2CCC3)cc1.Cl. The van der Waals surface area contributed by atoms with E-state index in [1.54, 1.807) is 24.3 Å². The summed E-state index contributed by atoms with van der Waals surface area (Å²) in [5.74, 6) is 0.913.